The van der Waals surface area contributed by atoms with Gasteiger partial charge in [0.05, 0.1) is 0 Å². The van der Waals surface area contributed by atoms with Crippen molar-refractivity contribution in [2.24, 2.45) is 0 Å². The van der Waals surface area contributed by atoms with Crippen LogP contribution in [0.3, 0.4) is 0 Å². The summed E-state index contributed by atoms with van der Waals surface area (Å²) in [6.07, 6.45) is 4.16. The average molecular weight is 358 g/mol. The van der Waals surface area contributed by atoms with Gasteiger partial charge in [-0.1, -0.05) is 0 Å². The molecule has 126 valence electrons. The predicted molar refractivity (Wildman–Crippen MR) is 77.8 cm³/mol. The van der Waals surface area contributed by atoms with Gasteiger partial charge in [-0.2, -0.15) is 13.2 Å². The summed E-state index contributed by atoms with van der Waals surface area (Å²) in [7, 11) is -5.63. The number of phenols is 1. The highest BCUT2D eigenvalue weighted by molar-refractivity contribution is 7.97. The third-order valence-electron chi connectivity index (χ3n) is 3.03. The summed E-state index contributed by atoms with van der Waals surface area (Å²) < 4.78 is 58.9. The molecule has 1 saturated heterocycles. The van der Waals surface area contributed by atoms with Crippen LogP contribution in [0.4, 0.5) is 13.2 Å². The molecule has 0 aliphatic carbocycles. The van der Waals surface area contributed by atoms with Crippen LogP contribution < -0.4 is 0 Å². The van der Waals surface area contributed by atoms with Crippen molar-refractivity contribution in [2.45, 2.75) is 36.6 Å². The molecule has 0 bridgehead atoms. The Labute approximate surface area is 130 Å². The van der Waals surface area contributed by atoms with E-state index in [1.807, 2.05) is 12.1 Å². The molecule has 1 aromatic rings. The van der Waals surface area contributed by atoms with Crippen LogP contribution in [-0.2, 0) is 21.0 Å². The van der Waals surface area contributed by atoms with Gasteiger partial charge in [0.25, 0.3) is 0 Å². The van der Waals surface area contributed by atoms with Crippen LogP contribution in [0.1, 0.15) is 24.8 Å². The first-order valence-corrected chi connectivity index (χ1v) is 9.49. The number of alkyl halides is 3. The molecule has 0 aromatic heterocycles. The molecule has 1 aliphatic rings. The minimum Gasteiger partial charge on any atom is -0.741 e. The maximum Gasteiger partial charge on any atom is 0.485 e. The quantitative estimate of drug-likeness (QED) is 0.476. The van der Waals surface area contributed by atoms with Crippen molar-refractivity contribution in [3.05, 3.63) is 23.8 Å². The number of rotatable bonds is 1. The second-order valence-electron chi connectivity index (χ2n) is 4.81. The summed E-state index contributed by atoms with van der Waals surface area (Å²) in [5, 5.41) is 9.34. The van der Waals surface area contributed by atoms with Gasteiger partial charge in [0.15, 0.2) is 15.0 Å². The Morgan fingerprint density at radius 2 is 1.68 bits per heavy atom. The lowest BCUT2D eigenvalue weighted by molar-refractivity contribution is -0.0517. The van der Waals surface area contributed by atoms with E-state index in [2.05, 4.69) is 13.0 Å². The molecule has 0 unspecified atom stereocenters. The zero-order chi connectivity index (χ0) is 17.0. The van der Waals surface area contributed by atoms with E-state index in [0.717, 1.165) is 0 Å². The molecule has 1 fully saturated rings. The van der Waals surface area contributed by atoms with Crippen molar-refractivity contribution in [1.82, 2.24) is 0 Å². The van der Waals surface area contributed by atoms with Crippen LogP contribution in [0, 0.1) is 6.92 Å². The molecule has 0 atom stereocenters. The predicted octanol–water partition coefficient (Wildman–Crippen LogP) is 2.91. The lowest BCUT2D eigenvalue weighted by Crippen LogP contribution is -2.21. The Morgan fingerprint density at radius 1 is 1.18 bits per heavy atom. The number of hydrogen-bond donors (Lipinski definition) is 1. The molecule has 9 heteroatoms. The maximum absolute atomic E-state index is 10.7. The molecule has 0 saturated carbocycles. The van der Waals surface area contributed by atoms with Crippen LogP contribution >= 0.6 is 0 Å². The van der Waals surface area contributed by atoms with Gasteiger partial charge in [-0.15, -0.1) is 0 Å². The van der Waals surface area contributed by atoms with E-state index in [9.17, 15) is 18.3 Å². The van der Waals surface area contributed by atoms with Gasteiger partial charge in [-0.25, -0.2) is 8.42 Å². The van der Waals surface area contributed by atoms with Crippen LogP contribution in [-0.4, -0.2) is 35.1 Å². The topological polar surface area (TPSA) is 77.4 Å². The standard InChI is InChI=1S/C12H16OS.CHF3O3S/c1-10-9-11(13)5-6-12(10)14-7-3-2-4-8-14;2-1(3,4)8(5,6)7/h5-6,9H,2-4,7-8H2,1H3;(H,5,6,7). The summed E-state index contributed by atoms with van der Waals surface area (Å²) >= 11 is 0. The zero-order valence-corrected chi connectivity index (χ0v) is 13.5. The van der Waals surface area contributed by atoms with Gasteiger partial charge in [-0.3, -0.25) is 0 Å². The third kappa shape index (κ3) is 5.69. The van der Waals surface area contributed by atoms with Crippen LogP contribution in [0.2, 0.25) is 0 Å². The summed E-state index contributed by atoms with van der Waals surface area (Å²) in [5.74, 6) is 3.10. The van der Waals surface area contributed by atoms with Crippen molar-refractivity contribution >= 4 is 21.0 Å². The number of hydrogen-bond acceptors (Lipinski definition) is 4. The van der Waals surface area contributed by atoms with Crippen LogP contribution in [0.25, 0.3) is 0 Å². The van der Waals surface area contributed by atoms with Gasteiger partial charge in [0.1, 0.15) is 17.3 Å². The smallest absolute Gasteiger partial charge is 0.485 e. The Morgan fingerprint density at radius 3 is 2.09 bits per heavy atom. The number of halogens is 3. The van der Waals surface area contributed by atoms with Gasteiger partial charge < -0.3 is 9.66 Å². The summed E-state index contributed by atoms with van der Waals surface area (Å²) in [6, 6.07) is 5.82. The Balaban J connectivity index is 0.000000261. The first kappa shape index (κ1) is 19.1. The average Bonchev–Trinajstić information content (AvgIpc) is 2.38. The molecule has 1 N–H and O–H groups in total. The van der Waals surface area contributed by atoms with Crippen molar-refractivity contribution in [2.75, 3.05) is 11.5 Å². The van der Waals surface area contributed by atoms with Crippen molar-refractivity contribution in [3.8, 4) is 5.75 Å². The van der Waals surface area contributed by atoms with E-state index in [0.29, 0.717) is 16.6 Å². The third-order valence-corrected chi connectivity index (χ3v) is 6.24. The summed E-state index contributed by atoms with van der Waals surface area (Å²) in [5.41, 5.74) is -4.39. The normalized spacial score (nSPS) is 16.8. The first-order valence-electron chi connectivity index (χ1n) is 6.51. The van der Waals surface area contributed by atoms with Crippen LogP contribution in [0.5, 0.6) is 5.75 Å². The number of aromatic hydroxyl groups is 1. The maximum atomic E-state index is 10.7. The van der Waals surface area contributed by atoms with Gasteiger partial charge in [0.2, 0.25) is 0 Å². The number of aryl methyl sites for hydroxylation is 1. The highest BCUT2D eigenvalue weighted by Crippen LogP contribution is 2.27. The van der Waals surface area contributed by atoms with E-state index in [1.165, 1.54) is 41.2 Å². The molecule has 0 radical (unpaired) electrons. The highest BCUT2D eigenvalue weighted by atomic mass is 32.2. The molecule has 1 aromatic carbocycles. The molecular weight excluding hydrogens is 341 g/mol. The SMILES string of the molecule is Cc1cc(O)ccc1[S+]1CCCCC1.O=S(=O)([O-])C(F)(F)F. The molecular formula is C13H17F3O4S2. The fraction of sp³-hybridized carbons (Fsp3) is 0.538. The fourth-order valence-electron chi connectivity index (χ4n) is 2.01. The Kier molecular flexibility index (Phi) is 6.57. The fourth-order valence-corrected chi connectivity index (χ4v) is 4.53. The minimum absolute atomic E-state index is 0.395. The van der Waals surface area contributed by atoms with Gasteiger partial charge in [-0.05, 0) is 44.4 Å². The van der Waals surface area contributed by atoms with E-state index < -0.39 is 15.6 Å². The highest BCUT2D eigenvalue weighted by Gasteiger charge is 2.36. The largest absolute Gasteiger partial charge is 0.741 e. The van der Waals surface area contributed by atoms with Gasteiger partial charge >= 0.3 is 5.51 Å². The second-order valence-corrected chi connectivity index (χ2v) is 8.42. The second kappa shape index (κ2) is 7.56. The molecule has 1 heterocycles. The lowest BCUT2D eigenvalue weighted by atomic mass is 10.2. The molecule has 0 spiro atoms. The minimum atomic E-state index is -6.09. The van der Waals surface area contributed by atoms with Crippen molar-refractivity contribution in [3.63, 3.8) is 0 Å². The van der Waals surface area contributed by atoms with Crippen molar-refractivity contribution < 1.29 is 31.2 Å². The molecule has 4 nitrogen and oxygen atoms in total. The van der Waals surface area contributed by atoms with Gasteiger partial charge in [0, 0.05) is 16.5 Å². The van der Waals surface area contributed by atoms with E-state index in [1.54, 1.807) is 0 Å². The molecule has 0 amide bonds. The summed E-state index contributed by atoms with van der Waals surface area (Å²) in [4.78, 5) is 1.47. The number of benzene rings is 1. The molecule has 2 rings (SSSR count). The van der Waals surface area contributed by atoms with E-state index in [4.69, 9.17) is 13.0 Å². The lowest BCUT2D eigenvalue weighted by Gasteiger charge is -2.14. The van der Waals surface area contributed by atoms with Crippen LogP contribution in [0.15, 0.2) is 23.1 Å². The molecule has 1 aliphatic heterocycles. The molecule has 22 heavy (non-hydrogen) atoms. The number of phenolic OH excluding ortho intramolecular Hbond substituents is 1. The van der Waals surface area contributed by atoms with Crippen molar-refractivity contribution in [1.29, 1.82) is 0 Å². The Hall–Kier alpha value is -0.930. The zero-order valence-electron chi connectivity index (χ0n) is 11.9. The summed E-state index contributed by atoms with van der Waals surface area (Å²) in [6.45, 7) is 2.11. The Bertz CT molecular complexity index is 594. The first-order chi connectivity index (χ1) is 10.0. The van der Waals surface area contributed by atoms with E-state index in [-0.39, 0.29) is 0 Å². The van der Waals surface area contributed by atoms with E-state index >= 15 is 0 Å². The monoisotopic (exact) mass is 358 g/mol.